The zero-order chi connectivity index (χ0) is 9.72. The summed E-state index contributed by atoms with van der Waals surface area (Å²) in [5.74, 6) is 0. The third-order valence-corrected chi connectivity index (χ3v) is 1.42. The molecule has 0 aliphatic carbocycles. The van der Waals surface area contributed by atoms with Crippen molar-refractivity contribution in [3.8, 4) is 0 Å². The molecule has 0 saturated carbocycles. The molecule has 4 atom stereocenters. The predicted molar refractivity (Wildman–Crippen MR) is 58.7 cm³/mol. The van der Waals surface area contributed by atoms with Gasteiger partial charge in [-0.25, -0.2) is 0 Å². The predicted octanol–water partition coefficient (Wildman–Crippen LogP) is -4.25. The number of hydrogen-bond donors (Lipinski definition) is 5. The fraction of sp³-hybridized carbons (Fsp3) is 0.833. The Kier molecular flexibility index (Phi) is 25.1. The molecule has 0 fully saturated rings. The second kappa shape index (κ2) is 14.5. The second-order valence-corrected chi connectivity index (χ2v) is 2.36. The zero-order valence-corrected chi connectivity index (χ0v) is 7.46. The molecule has 0 heterocycles. The molecule has 0 aromatic heterocycles. The number of hydrogen-bond acceptors (Lipinski definition) is 6. The topological polar surface area (TPSA) is 118 Å². The van der Waals surface area contributed by atoms with E-state index in [-0.39, 0.29) is 99.6 Å². The number of aliphatic hydroxyl groups is 5. The second-order valence-electron chi connectivity index (χ2n) is 2.36. The van der Waals surface area contributed by atoms with Gasteiger partial charge in [-0.05, 0) is 0 Å². The van der Waals surface area contributed by atoms with Crippen LogP contribution >= 0.6 is 12.4 Å². The van der Waals surface area contributed by atoms with Gasteiger partial charge in [0.2, 0.25) is 0 Å². The van der Waals surface area contributed by atoms with Crippen molar-refractivity contribution >= 4 is 99.6 Å². The SMILES string of the molecule is Cl.O=C[C@H](O)[C@@H](O)[C@H](O)[C@H](O)CO.[KH].[NaH]. The molecule has 0 aliphatic rings. The van der Waals surface area contributed by atoms with Gasteiger partial charge in [-0.15, -0.1) is 12.4 Å². The molecule has 9 heteroatoms. The van der Waals surface area contributed by atoms with Crippen molar-refractivity contribution in [3.63, 3.8) is 0 Å². The van der Waals surface area contributed by atoms with Crippen molar-refractivity contribution in [2.45, 2.75) is 24.4 Å². The first-order valence-corrected chi connectivity index (χ1v) is 3.33. The van der Waals surface area contributed by atoms with Gasteiger partial charge in [0.25, 0.3) is 0 Å². The third kappa shape index (κ3) is 10.0. The van der Waals surface area contributed by atoms with Gasteiger partial charge in [-0.1, -0.05) is 0 Å². The number of rotatable bonds is 5. The molecule has 0 unspecified atom stereocenters. The number of aliphatic hydroxyl groups excluding tert-OH is 5. The molecule has 84 valence electrons. The summed E-state index contributed by atoms with van der Waals surface area (Å²) in [6.45, 7) is -0.760. The quantitative estimate of drug-likeness (QED) is 0.257. The van der Waals surface area contributed by atoms with E-state index in [1.54, 1.807) is 0 Å². The average molecular weight is 281 g/mol. The summed E-state index contributed by atoms with van der Waals surface area (Å²) >= 11 is 0. The van der Waals surface area contributed by atoms with E-state index >= 15 is 0 Å². The van der Waals surface area contributed by atoms with Crippen LogP contribution in [0.1, 0.15) is 0 Å². The van der Waals surface area contributed by atoms with Gasteiger partial charge in [0.1, 0.15) is 24.4 Å². The van der Waals surface area contributed by atoms with E-state index in [0.29, 0.717) is 0 Å². The van der Waals surface area contributed by atoms with Crippen LogP contribution in [0.4, 0.5) is 0 Å². The van der Waals surface area contributed by atoms with Crippen LogP contribution in [0, 0.1) is 0 Å². The van der Waals surface area contributed by atoms with Crippen molar-refractivity contribution in [2.24, 2.45) is 0 Å². The summed E-state index contributed by atoms with van der Waals surface area (Å²) in [5.41, 5.74) is 0. The average Bonchev–Trinajstić information content (AvgIpc) is 2.12. The molecule has 0 amide bonds. The van der Waals surface area contributed by atoms with E-state index in [1.165, 1.54) is 0 Å². The molecule has 6 nitrogen and oxygen atoms in total. The Morgan fingerprint density at radius 1 is 1.07 bits per heavy atom. The molecule has 15 heavy (non-hydrogen) atoms. The van der Waals surface area contributed by atoms with Gasteiger partial charge in [0.15, 0.2) is 6.29 Å². The summed E-state index contributed by atoms with van der Waals surface area (Å²) in [4.78, 5) is 9.90. The first kappa shape index (κ1) is 26.1. The number of halogens is 1. The molecular weight excluding hydrogens is 266 g/mol. The number of carbonyl (C=O) groups is 1. The molecule has 0 rings (SSSR count). The zero-order valence-electron chi connectivity index (χ0n) is 6.65. The Hall–Kier alpha value is 2.40. The van der Waals surface area contributed by atoms with E-state index in [4.69, 9.17) is 25.5 Å². The van der Waals surface area contributed by atoms with Crippen LogP contribution in [-0.2, 0) is 4.79 Å². The van der Waals surface area contributed by atoms with Crippen LogP contribution in [0.15, 0.2) is 0 Å². The van der Waals surface area contributed by atoms with Crippen LogP contribution in [-0.4, -0.2) is 144 Å². The molecule has 0 spiro atoms. The standard InChI is InChI=1S/C6H12O6.ClH.K.Na.2H/c7-1-3(9)5(11)6(12)4(10)2-8;;;;;/h1,3-6,8-12H,2H2;1H;;;;/t3-,4+,5+,6+;;;;;/m0...../s1. The molecule has 0 aliphatic heterocycles. The molecule has 0 radical (unpaired) electrons. The maximum absolute atomic E-state index is 9.90. The van der Waals surface area contributed by atoms with Crippen LogP contribution in [0.2, 0.25) is 0 Å². The van der Waals surface area contributed by atoms with Gasteiger partial charge in [0, 0.05) is 0 Å². The monoisotopic (exact) mass is 280 g/mol. The van der Waals surface area contributed by atoms with E-state index in [0.717, 1.165) is 0 Å². The van der Waals surface area contributed by atoms with Crippen molar-refractivity contribution < 1.29 is 30.3 Å². The van der Waals surface area contributed by atoms with Gasteiger partial charge < -0.3 is 30.3 Å². The van der Waals surface area contributed by atoms with Crippen molar-refractivity contribution in [2.75, 3.05) is 6.61 Å². The molecular formula is C6H15ClKNaO6. The molecule has 0 saturated heterocycles. The van der Waals surface area contributed by atoms with Gasteiger partial charge in [-0.2, -0.15) is 0 Å². The van der Waals surface area contributed by atoms with Crippen LogP contribution < -0.4 is 0 Å². The van der Waals surface area contributed by atoms with Crippen molar-refractivity contribution in [1.29, 1.82) is 0 Å². The van der Waals surface area contributed by atoms with Crippen LogP contribution in [0.25, 0.3) is 0 Å². The number of carbonyl (C=O) groups excluding carboxylic acids is 1. The Labute approximate surface area is 158 Å². The Morgan fingerprint density at radius 3 is 1.73 bits per heavy atom. The van der Waals surface area contributed by atoms with E-state index < -0.39 is 31.0 Å². The first-order valence-electron chi connectivity index (χ1n) is 3.33. The summed E-state index contributed by atoms with van der Waals surface area (Å²) in [7, 11) is 0. The molecule has 0 aromatic rings. The summed E-state index contributed by atoms with van der Waals surface area (Å²) in [5, 5.41) is 43.5. The van der Waals surface area contributed by atoms with Crippen molar-refractivity contribution in [3.05, 3.63) is 0 Å². The minimum atomic E-state index is -1.79. The van der Waals surface area contributed by atoms with Gasteiger partial charge >= 0.3 is 80.9 Å². The molecule has 5 N–H and O–H groups in total. The van der Waals surface area contributed by atoms with Crippen LogP contribution in [0.3, 0.4) is 0 Å². The summed E-state index contributed by atoms with van der Waals surface area (Å²) in [6.07, 6.45) is -6.84. The van der Waals surface area contributed by atoms with Gasteiger partial charge in [-0.3, -0.25) is 0 Å². The van der Waals surface area contributed by atoms with E-state index in [9.17, 15) is 4.79 Å². The fourth-order valence-corrected chi connectivity index (χ4v) is 0.618. The third-order valence-electron chi connectivity index (χ3n) is 1.42. The Morgan fingerprint density at radius 2 is 1.47 bits per heavy atom. The van der Waals surface area contributed by atoms with Crippen LogP contribution in [0.5, 0.6) is 0 Å². The fourth-order valence-electron chi connectivity index (χ4n) is 0.618. The van der Waals surface area contributed by atoms with Crippen molar-refractivity contribution in [1.82, 2.24) is 0 Å². The normalized spacial score (nSPS) is 16.9. The summed E-state index contributed by atoms with van der Waals surface area (Å²) in [6, 6.07) is 0. The molecule has 0 bridgehead atoms. The first-order chi connectivity index (χ1) is 5.54. The van der Waals surface area contributed by atoms with Gasteiger partial charge in [0.05, 0.1) is 6.61 Å². The van der Waals surface area contributed by atoms with E-state index in [2.05, 4.69) is 0 Å². The summed E-state index contributed by atoms with van der Waals surface area (Å²) < 4.78 is 0. The Balaban J connectivity index is -0.000000202. The Bertz CT molecular complexity index is 154. The molecule has 0 aromatic carbocycles. The van der Waals surface area contributed by atoms with E-state index in [1.807, 2.05) is 0 Å². The minimum absolute atomic E-state index is 0. The maximum atomic E-state index is 9.90. The number of aldehydes is 1.